The molecule has 0 amide bonds. The molecule has 0 atom stereocenters. The Labute approximate surface area is 124 Å². The third-order valence-electron chi connectivity index (χ3n) is 3.98. The Balaban J connectivity index is 3.50. The predicted molar refractivity (Wildman–Crippen MR) is 88.0 cm³/mol. The molecule has 0 unspecified atom stereocenters. The zero-order valence-corrected chi connectivity index (χ0v) is 14.0. The number of aliphatic hydroxyl groups is 1. The summed E-state index contributed by atoms with van der Waals surface area (Å²) in [5.74, 6) is 0. The van der Waals surface area contributed by atoms with Crippen molar-refractivity contribution in [1.29, 1.82) is 0 Å². The van der Waals surface area contributed by atoms with Gasteiger partial charge in [-0.15, -0.1) is 0 Å². The Kier molecular flexibility index (Phi) is 5.15. The molecule has 0 saturated carbocycles. The lowest BCUT2D eigenvalue weighted by Gasteiger charge is -2.35. The van der Waals surface area contributed by atoms with Gasteiger partial charge in [-0.2, -0.15) is 0 Å². The Morgan fingerprint density at radius 1 is 1.05 bits per heavy atom. The minimum Gasteiger partial charge on any atom is -0.384 e. The van der Waals surface area contributed by atoms with E-state index in [4.69, 9.17) is 4.99 Å². The van der Waals surface area contributed by atoms with Crippen LogP contribution in [0.5, 0.6) is 0 Å². The second kappa shape index (κ2) is 6.09. The van der Waals surface area contributed by atoms with E-state index in [0.29, 0.717) is 12.8 Å². The van der Waals surface area contributed by atoms with Crippen LogP contribution in [0, 0.1) is 19.3 Å². The predicted octanol–water partition coefficient (Wildman–Crippen LogP) is 4.97. The first-order chi connectivity index (χ1) is 9.15. The molecule has 0 aliphatic heterocycles. The van der Waals surface area contributed by atoms with Crippen LogP contribution in [0.1, 0.15) is 58.6 Å². The molecule has 0 radical (unpaired) electrons. The van der Waals surface area contributed by atoms with Gasteiger partial charge >= 0.3 is 0 Å². The SMILES string of the molecule is CCC(O)(CC)C(=Nc1c(C)cccc1C)C(C)(C)C. The molecular formula is C18H29NO. The number of hydrogen-bond donors (Lipinski definition) is 1. The largest absolute Gasteiger partial charge is 0.384 e. The zero-order chi connectivity index (χ0) is 15.6. The molecule has 2 heteroatoms. The molecule has 2 nitrogen and oxygen atoms in total. The third-order valence-corrected chi connectivity index (χ3v) is 3.98. The molecule has 0 bridgehead atoms. The maximum Gasteiger partial charge on any atom is 0.103 e. The van der Waals surface area contributed by atoms with Crippen molar-refractivity contribution < 1.29 is 5.11 Å². The molecule has 0 fully saturated rings. The van der Waals surface area contributed by atoms with Gasteiger partial charge in [0.1, 0.15) is 5.60 Å². The van der Waals surface area contributed by atoms with Gasteiger partial charge in [0.15, 0.2) is 0 Å². The molecule has 112 valence electrons. The second-order valence-electron chi connectivity index (χ2n) is 6.69. The molecule has 1 aromatic rings. The van der Waals surface area contributed by atoms with Crippen molar-refractivity contribution in [2.45, 2.75) is 66.9 Å². The van der Waals surface area contributed by atoms with Crippen molar-refractivity contribution in [3.8, 4) is 0 Å². The maximum atomic E-state index is 10.9. The molecule has 0 heterocycles. The fraction of sp³-hybridized carbons (Fsp3) is 0.611. The summed E-state index contributed by atoms with van der Waals surface area (Å²) in [6, 6.07) is 6.19. The first kappa shape index (κ1) is 16.9. The van der Waals surface area contributed by atoms with E-state index in [-0.39, 0.29) is 5.41 Å². The van der Waals surface area contributed by atoms with Crippen molar-refractivity contribution in [2.24, 2.45) is 10.4 Å². The fourth-order valence-corrected chi connectivity index (χ4v) is 2.65. The monoisotopic (exact) mass is 275 g/mol. The molecule has 0 aliphatic carbocycles. The second-order valence-corrected chi connectivity index (χ2v) is 6.69. The van der Waals surface area contributed by atoms with E-state index in [9.17, 15) is 5.11 Å². The summed E-state index contributed by atoms with van der Waals surface area (Å²) < 4.78 is 0. The topological polar surface area (TPSA) is 32.6 Å². The van der Waals surface area contributed by atoms with E-state index in [1.54, 1.807) is 0 Å². The van der Waals surface area contributed by atoms with Crippen LogP contribution in [0.25, 0.3) is 0 Å². The summed E-state index contributed by atoms with van der Waals surface area (Å²) in [4.78, 5) is 4.91. The minimum absolute atomic E-state index is 0.157. The van der Waals surface area contributed by atoms with Gasteiger partial charge in [0.05, 0.1) is 11.4 Å². The lowest BCUT2D eigenvalue weighted by Crippen LogP contribution is -2.44. The van der Waals surface area contributed by atoms with Gasteiger partial charge in [0.2, 0.25) is 0 Å². The average Bonchev–Trinajstić information content (AvgIpc) is 2.36. The van der Waals surface area contributed by atoms with Crippen molar-refractivity contribution in [3.05, 3.63) is 29.3 Å². The number of rotatable bonds is 4. The number of hydrogen-bond acceptors (Lipinski definition) is 2. The van der Waals surface area contributed by atoms with E-state index >= 15 is 0 Å². The summed E-state index contributed by atoms with van der Waals surface area (Å²) in [5, 5.41) is 10.9. The number of para-hydroxylation sites is 1. The maximum absolute atomic E-state index is 10.9. The highest BCUT2D eigenvalue weighted by atomic mass is 16.3. The number of nitrogens with zero attached hydrogens (tertiary/aromatic N) is 1. The highest BCUT2D eigenvalue weighted by Gasteiger charge is 2.37. The number of benzene rings is 1. The lowest BCUT2D eigenvalue weighted by molar-refractivity contribution is 0.0943. The first-order valence-corrected chi connectivity index (χ1v) is 7.54. The number of aryl methyl sites for hydroxylation is 2. The van der Waals surface area contributed by atoms with Gasteiger partial charge in [-0.25, -0.2) is 0 Å². The molecule has 0 saturated heterocycles. The van der Waals surface area contributed by atoms with Gasteiger partial charge < -0.3 is 5.11 Å². The standard InChI is InChI=1S/C18H29NO/c1-8-18(20,9-2)16(17(5,6)7)19-15-13(3)11-10-12-14(15)4/h10-12,20H,8-9H2,1-7H3. The van der Waals surface area contributed by atoms with Crippen LogP contribution in [0.2, 0.25) is 0 Å². The Morgan fingerprint density at radius 2 is 1.50 bits per heavy atom. The quantitative estimate of drug-likeness (QED) is 0.773. The number of aliphatic imine (C=N–C) groups is 1. The van der Waals surface area contributed by atoms with Gasteiger partial charge in [-0.05, 0) is 37.8 Å². The van der Waals surface area contributed by atoms with Crippen LogP contribution >= 0.6 is 0 Å². The third kappa shape index (κ3) is 3.49. The minimum atomic E-state index is -0.826. The molecular weight excluding hydrogens is 246 g/mol. The van der Waals surface area contributed by atoms with E-state index in [1.165, 1.54) is 0 Å². The van der Waals surface area contributed by atoms with Crippen molar-refractivity contribution in [3.63, 3.8) is 0 Å². The Hall–Kier alpha value is -1.15. The molecule has 1 N–H and O–H groups in total. The van der Waals surface area contributed by atoms with Crippen LogP contribution < -0.4 is 0 Å². The van der Waals surface area contributed by atoms with E-state index in [1.807, 2.05) is 19.9 Å². The van der Waals surface area contributed by atoms with Gasteiger partial charge in [0.25, 0.3) is 0 Å². The molecule has 0 spiro atoms. The van der Waals surface area contributed by atoms with Crippen molar-refractivity contribution in [2.75, 3.05) is 0 Å². The summed E-state index contributed by atoms with van der Waals surface area (Å²) in [5.41, 5.74) is 3.20. The van der Waals surface area contributed by atoms with E-state index in [0.717, 1.165) is 22.5 Å². The average molecular weight is 275 g/mol. The van der Waals surface area contributed by atoms with E-state index < -0.39 is 5.60 Å². The van der Waals surface area contributed by atoms with Gasteiger partial charge in [-0.3, -0.25) is 4.99 Å². The summed E-state index contributed by atoms with van der Waals surface area (Å²) in [7, 11) is 0. The van der Waals surface area contributed by atoms with Gasteiger partial charge in [-0.1, -0.05) is 52.8 Å². The highest BCUT2D eigenvalue weighted by Crippen LogP contribution is 2.34. The Bertz CT molecular complexity index is 470. The summed E-state index contributed by atoms with van der Waals surface area (Å²) in [6.45, 7) is 14.6. The van der Waals surface area contributed by atoms with Crippen LogP contribution in [0.3, 0.4) is 0 Å². The van der Waals surface area contributed by atoms with Gasteiger partial charge in [0, 0.05) is 5.41 Å². The summed E-state index contributed by atoms with van der Waals surface area (Å²) >= 11 is 0. The fourth-order valence-electron chi connectivity index (χ4n) is 2.65. The zero-order valence-electron chi connectivity index (χ0n) is 14.0. The lowest BCUT2D eigenvalue weighted by atomic mass is 9.76. The van der Waals surface area contributed by atoms with Crippen LogP contribution in [-0.4, -0.2) is 16.4 Å². The van der Waals surface area contributed by atoms with E-state index in [2.05, 4.69) is 46.8 Å². The highest BCUT2D eigenvalue weighted by molar-refractivity contribution is 5.98. The Morgan fingerprint density at radius 3 is 1.85 bits per heavy atom. The molecule has 0 aliphatic rings. The molecule has 0 aromatic heterocycles. The molecule has 1 aromatic carbocycles. The van der Waals surface area contributed by atoms with Crippen LogP contribution in [0.4, 0.5) is 5.69 Å². The van der Waals surface area contributed by atoms with Crippen LogP contribution in [0.15, 0.2) is 23.2 Å². The summed E-state index contributed by atoms with van der Waals surface area (Å²) in [6.07, 6.45) is 1.37. The molecule has 20 heavy (non-hydrogen) atoms. The molecule has 1 rings (SSSR count). The van der Waals surface area contributed by atoms with Crippen molar-refractivity contribution >= 4 is 11.4 Å². The normalized spacial score (nSPS) is 13.7. The van der Waals surface area contributed by atoms with Crippen LogP contribution in [-0.2, 0) is 0 Å². The first-order valence-electron chi connectivity index (χ1n) is 7.54. The smallest absolute Gasteiger partial charge is 0.103 e. The van der Waals surface area contributed by atoms with Crippen molar-refractivity contribution in [1.82, 2.24) is 0 Å².